The van der Waals surface area contributed by atoms with Crippen molar-refractivity contribution in [3.63, 3.8) is 0 Å². The Balaban J connectivity index is 1.48. The molecule has 0 spiro atoms. The van der Waals surface area contributed by atoms with Crippen LogP contribution in [0.4, 0.5) is 5.69 Å². The van der Waals surface area contributed by atoms with E-state index in [1.807, 2.05) is 24.3 Å². The van der Waals surface area contributed by atoms with E-state index in [4.69, 9.17) is 9.15 Å². The van der Waals surface area contributed by atoms with E-state index in [1.165, 1.54) is 35.6 Å². The van der Waals surface area contributed by atoms with Crippen LogP contribution in [0, 0.1) is 10.1 Å². The van der Waals surface area contributed by atoms with Crippen LogP contribution in [0.25, 0.3) is 21.5 Å². The van der Waals surface area contributed by atoms with Gasteiger partial charge in [0.05, 0.1) is 4.92 Å². The van der Waals surface area contributed by atoms with Crippen molar-refractivity contribution in [3.8, 4) is 11.5 Å². The van der Waals surface area contributed by atoms with Crippen LogP contribution in [0.1, 0.15) is 28.6 Å². The number of nitrogens with zero attached hydrogens (tertiary/aromatic N) is 3. The zero-order valence-corrected chi connectivity index (χ0v) is 15.4. The number of rotatable bonds is 5. The highest BCUT2D eigenvalue weighted by Crippen LogP contribution is 2.28. The summed E-state index contributed by atoms with van der Waals surface area (Å²) in [5.74, 6) is -0.138. The van der Waals surface area contributed by atoms with Crippen molar-refractivity contribution in [3.05, 3.63) is 75.5 Å². The Morgan fingerprint density at radius 1 is 1.18 bits per heavy atom. The second kappa shape index (κ2) is 7.20. The molecule has 0 fully saturated rings. The monoisotopic (exact) mass is 395 g/mol. The topological polar surface area (TPSA) is 108 Å². The molecule has 0 amide bonds. The van der Waals surface area contributed by atoms with Gasteiger partial charge in [-0.2, -0.15) is 0 Å². The van der Waals surface area contributed by atoms with Crippen LogP contribution >= 0.6 is 11.3 Å². The highest BCUT2D eigenvalue weighted by molar-refractivity contribution is 7.20. The predicted octanol–water partition coefficient (Wildman–Crippen LogP) is 4.78. The van der Waals surface area contributed by atoms with Gasteiger partial charge in [0.2, 0.25) is 5.89 Å². The molecular formula is C19H13N3O5S. The third-order valence-corrected chi connectivity index (χ3v) is 5.12. The molecule has 140 valence electrons. The lowest BCUT2D eigenvalue weighted by Gasteiger charge is -2.07. The molecule has 4 rings (SSSR count). The minimum Gasteiger partial charge on any atom is -0.448 e. The number of hydrogen-bond acceptors (Lipinski definition) is 8. The van der Waals surface area contributed by atoms with Gasteiger partial charge in [-0.05, 0) is 36.6 Å². The first-order chi connectivity index (χ1) is 13.5. The van der Waals surface area contributed by atoms with Crippen molar-refractivity contribution < 1.29 is 18.9 Å². The fourth-order valence-corrected chi connectivity index (χ4v) is 3.54. The van der Waals surface area contributed by atoms with Gasteiger partial charge in [-0.3, -0.25) is 10.1 Å². The third kappa shape index (κ3) is 3.47. The summed E-state index contributed by atoms with van der Waals surface area (Å²) in [7, 11) is 0. The molecule has 2 aromatic heterocycles. The molecule has 0 saturated heterocycles. The third-order valence-electron chi connectivity index (χ3n) is 4.02. The average molecular weight is 395 g/mol. The molecule has 0 aliphatic carbocycles. The SMILES string of the molecule is CC(OC(=O)c1cc2ccccc2s1)c1nnc(-c2ccc([N+](=O)[O-])cc2)o1. The molecule has 0 radical (unpaired) electrons. The van der Waals surface area contributed by atoms with E-state index >= 15 is 0 Å². The number of thiophene rings is 1. The van der Waals surface area contributed by atoms with Crippen LogP contribution in [-0.2, 0) is 4.74 Å². The number of fused-ring (bicyclic) bond motifs is 1. The molecule has 0 aliphatic heterocycles. The first-order valence-electron chi connectivity index (χ1n) is 8.29. The molecule has 28 heavy (non-hydrogen) atoms. The number of ether oxygens (including phenoxy) is 1. The number of carbonyl (C=O) groups excluding carboxylic acids is 1. The van der Waals surface area contributed by atoms with E-state index in [-0.39, 0.29) is 17.5 Å². The molecule has 9 heteroatoms. The number of carbonyl (C=O) groups is 1. The van der Waals surface area contributed by atoms with Crippen molar-refractivity contribution in [2.45, 2.75) is 13.0 Å². The molecule has 4 aromatic rings. The van der Waals surface area contributed by atoms with Crippen LogP contribution in [-0.4, -0.2) is 21.1 Å². The maximum absolute atomic E-state index is 12.4. The minimum atomic E-state index is -0.739. The molecular weight excluding hydrogens is 382 g/mol. The summed E-state index contributed by atoms with van der Waals surface area (Å²) in [5, 5.41) is 19.5. The van der Waals surface area contributed by atoms with Gasteiger partial charge in [0.25, 0.3) is 11.6 Å². The van der Waals surface area contributed by atoms with Crippen LogP contribution in [0.15, 0.2) is 59.0 Å². The Morgan fingerprint density at radius 2 is 1.93 bits per heavy atom. The lowest BCUT2D eigenvalue weighted by atomic mass is 10.2. The molecule has 0 bridgehead atoms. The first kappa shape index (κ1) is 17.8. The number of non-ortho nitro benzene ring substituents is 1. The number of nitro benzene ring substituents is 1. The summed E-state index contributed by atoms with van der Waals surface area (Å²) in [5.41, 5.74) is 0.501. The number of esters is 1. The first-order valence-corrected chi connectivity index (χ1v) is 9.11. The fraction of sp³-hybridized carbons (Fsp3) is 0.105. The zero-order chi connectivity index (χ0) is 19.7. The number of hydrogen-bond donors (Lipinski definition) is 0. The standard InChI is InChI=1S/C19H13N3O5S/c1-11(26-19(23)16-10-13-4-2-3-5-15(13)28-16)17-20-21-18(27-17)12-6-8-14(9-7-12)22(24)25/h2-11H,1H3. The lowest BCUT2D eigenvalue weighted by molar-refractivity contribution is -0.384. The van der Waals surface area contributed by atoms with E-state index in [1.54, 1.807) is 13.0 Å². The summed E-state index contributed by atoms with van der Waals surface area (Å²) in [4.78, 5) is 23.1. The van der Waals surface area contributed by atoms with Gasteiger partial charge in [-0.15, -0.1) is 21.5 Å². The molecule has 0 N–H and O–H groups in total. The second-order valence-electron chi connectivity index (χ2n) is 5.95. The quantitative estimate of drug-likeness (QED) is 0.272. The Bertz CT molecular complexity index is 1130. The number of aromatic nitrogens is 2. The van der Waals surface area contributed by atoms with Crippen molar-refractivity contribution in [1.82, 2.24) is 10.2 Å². The van der Waals surface area contributed by atoms with Gasteiger partial charge in [0.1, 0.15) is 4.88 Å². The predicted molar refractivity (Wildman–Crippen MR) is 102 cm³/mol. The smallest absolute Gasteiger partial charge is 0.349 e. The van der Waals surface area contributed by atoms with E-state index in [0.29, 0.717) is 10.4 Å². The molecule has 1 unspecified atom stereocenters. The van der Waals surface area contributed by atoms with Crippen molar-refractivity contribution in [1.29, 1.82) is 0 Å². The Kier molecular flexibility index (Phi) is 4.58. The molecule has 8 nitrogen and oxygen atoms in total. The highest BCUT2D eigenvalue weighted by atomic mass is 32.1. The maximum atomic E-state index is 12.4. The molecule has 2 heterocycles. The van der Waals surface area contributed by atoms with Gasteiger partial charge >= 0.3 is 5.97 Å². The normalized spacial score (nSPS) is 12.0. The van der Waals surface area contributed by atoms with Crippen LogP contribution in [0.5, 0.6) is 0 Å². The van der Waals surface area contributed by atoms with Crippen molar-refractivity contribution in [2.24, 2.45) is 0 Å². The maximum Gasteiger partial charge on any atom is 0.349 e. The van der Waals surface area contributed by atoms with Gasteiger partial charge in [0, 0.05) is 22.4 Å². The van der Waals surface area contributed by atoms with Crippen LogP contribution in [0.3, 0.4) is 0 Å². The second-order valence-corrected chi connectivity index (χ2v) is 7.03. The zero-order valence-electron chi connectivity index (χ0n) is 14.6. The largest absolute Gasteiger partial charge is 0.448 e. The van der Waals surface area contributed by atoms with Crippen LogP contribution in [0.2, 0.25) is 0 Å². The molecule has 2 aromatic carbocycles. The minimum absolute atomic E-state index is 0.0332. The Morgan fingerprint density at radius 3 is 2.64 bits per heavy atom. The lowest BCUT2D eigenvalue weighted by Crippen LogP contribution is -2.08. The number of benzene rings is 2. The van der Waals surface area contributed by atoms with E-state index in [0.717, 1.165) is 10.1 Å². The van der Waals surface area contributed by atoms with Gasteiger partial charge in [-0.25, -0.2) is 4.79 Å². The van der Waals surface area contributed by atoms with E-state index in [2.05, 4.69) is 10.2 Å². The Labute approximate surface area is 162 Å². The molecule has 0 aliphatic rings. The highest BCUT2D eigenvalue weighted by Gasteiger charge is 2.21. The van der Waals surface area contributed by atoms with Crippen molar-refractivity contribution >= 4 is 33.1 Å². The fourth-order valence-electron chi connectivity index (χ4n) is 2.59. The van der Waals surface area contributed by atoms with E-state index < -0.39 is 17.0 Å². The molecule has 1 atom stereocenters. The van der Waals surface area contributed by atoms with E-state index in [9.17, 15) is 14.9 Å². The van der Waals surface area contributed by atoms with Crippen LogP contribution < -0.4 is 0 Å². The van der Waals surface area contributed by atoms with Gasteiger partial charge < -0.3 is 9.15 Å². The Hall–Kier alpha value is -3.59. The summed E-state index contributed by atoms with van der Waals surface area (Å²) in [6.07, 6.45) is -0.739. The summed E-state index contributed by atoms with van der Waals surface area (Å²) < 4.78 is 12.0. The number of nitro groups is 1. The van der Waals surface area contributed by atoms with Gasteiger partial charge in [0.15, 0.2) is 6.10 Å². The van der Waals surface area contributed by atoms with Crippen molar-refractivity contribution in [2.75, 3.05) is 0 Å². The van der Waals surface area contributed by atoms with Gasteiger partial charge in [-0.1, -0.05) is 18.2 Å². The molecule has 0 saturated carbocycles. The summed E-state index contributed by atoms with van der Waals surface area (Å²) >= 11 is 1.35. The summed E-state index contributed by atoms with van der Waals surface area (Å²) in [6, 6.07) is 15.2. The summed E-state index contributed by atoms with van der Waals surface area (Å²) in [6.45, 7) is 1.64. The average Bonchev–Trinajstić information content (AvgIpc) is 3.35.